The number of benzene rings is 2. The summed E-state index contributed by atoms with van der Waals surface area (Å²) < 4.78 is 11.0. The van der Waals surface area contributed by atoms with E-state index in [9.17, 15) is 0 Å². The van der Waals surface area contributed by atoms with Gasteiger partial charge < -0.3 is 25.1 Å². The van der Waals surface area contributed by atoms with Crippen LogP contribution < -0.4 is 20.1 Å². The highest BCUT2D eigenvalue weighted by atomic mass is 16.5. The maximum absolute atomic E-state index is 5.51. The summed E-state index contributed by atoms with van der Waals surface area (Å²) in [6.45, 7) is 5.24. The average molecular weight is 407 g/mol. The van der Waals surface area contributed by atoms with Crippen molar-refractivity contribution in [2.45, 2.75) is 19.4 Å². The Hall–Kier alpha value is -3.41. The average Bonchev–Trinajstić information content (AvgIpc) is 3.19. The number of nitrogens with one attached hydrogen (secondary N) is 3. The lowest BCUT2D eigenvalue weighted by Crippen LogP contribution is -2.37. The maximum atomic E-state index is 5.51. The highest BCUT2D eigenvalue weighted by Crippen LogP contribution is 2.33. The van der Waals surface area contributed by atoms with Crippen molar-refractivity contribution in [2.75, 3.05) is 27.8 Å². The quantitative estimate of drug-likeness (QED) is 0.287. The van der Waals surface area contributed by atoms with Crippen molar-refractivity contribution < 1.29 is 9.47 Å². The Labute approximate surface area is 178 Å². The number of aromatic amines is 1. The highest BCUT2D eigenvalue weighted by Gasteiger charge is 2.12. The molecule has 158 valence electrons. The summed E-state index contributed by atoms with van der Waals surface area (Å²) >= 11 is 0. The molecule has 0 fully saturated rings. The van der Waals surface area contributed by atoms with E-state index in [-0.39, 0.29) is 0 Å². The molecule has 3 rings (SSSR count). The van der Waals surface area contributed by atoms with Gasteiger partial charge in [0.1, 0.15) is 0 Å². The van der Waals surface area contributed by atoms with Crippen LogP contribution in [0.15, 0.2) is 60.2 Å². The van der Waals surface area contributed by atoms with Gasteiger partial charge >= 0.3 is 0 Å². The molecular formula is C24H30N4O2. The lowest BCUT2D eigenvalue weighted by atomic mass is 10.1. The first-order chi connectivity index (χ1) is 14.7. The Morgan fingerprint density at radius 1 is 1.13 bits per heavy atom. The van der Waals surface area contributed by atoms with Crippen molar-refractivity contribution in [3.63, 3.8) is 0 Å². The number of guanidine groups is 1. The second-order valence-corrected chi connectivity index (χ2v) is 6.95. The van der Waals surface area contributed by atoms with Crippen LogP contribution in [0.5, 0.6) is 11.5 Å². The fraction of sp³-hybridized carbons (Fsp3) is 0.292. The van der Waals surface area contributed by atoms with E-state index in [2.05, 4.69) is 57.7 Å². The number of aliphatic imine (C=N–C) groups is 1. The number of aromatic nitrogens is 1. The van der Waals surface area contributed by atoms with E-state index in [4.69, 9.17) is 9.47 Å². The molecule has 6 nitrogen and oxygen atoms in total. The lowest BCUT2D eigenvalue weighted by molar-refractivity contribution is 0.352. The van der Waals surface area contributed by atoms with Gasteiger partial charge in [-0.15, -0.1) is 6.58 Å². The van der Waals surface area contributed by atoms with Gasteiger partial charge in [0.2, 0.25) is 0 Å². The van der Waals surface area contributed by atoms with Gasteiger partial charge in [-0.3, -0.25) is 4.99 Å². The Bertz CT molecular complexity index is 1020. The van der Waals surface area contributed by atoms with Gasteiger partial charge in [0.25, 0.3) is 0 Å². The van der Waals surface area contributed by atoms with E-state index in [1.54, 1.807) is 21.3 Å². The first-order valence-electron chi connectivity index (χ1n) is 10.0. The molecule has 0 atom stereocenters. The number of para-hydroxylation sites is 1. The second kappa shape index (κ2) is 10.4. The van der Waals surface area contributed by atoms with Crippen LogP contribution in [0, 0.1) is 0 Å². The Morgan fingerprint density at radius 3 is 2.70 bits per heavy atom. The molecule has 0 saturated carbocycles. The number of fused-ring (bicyclic) bond motifs is 1. The number of H-pyrrole nitrogens is 1. The van der Waals surface area contributed by atoms with E-state index in [1.165, 1.54) is 16.5 Å². The van der Waals surface area contributed by atoms with Crippen LogP contribution in [0.2, 0.25) is 0 Å². The molecule has 1 heterocycles. The molecule has 0 aliphatic carbocycles. The zero-order valence-corrected chi connectivity index (χ0v) is 17.9. The minimum atomic E-state index is 0.622. The largest absolute Gasteiger partial charge is 0.493 e. The van der Waals surface area contributed by atoms with Crippen LogP contribution in [0.25, 0.3) is 10.9 Å². The number of nitrogens with zero attached hydrogens (tertiary/aromatic N) is 1. The van der Waals surface area contributed by atoms with E-state index in [1.807, 2.05) is 18.2 Å². The van der Waals surface area contributed by atoms with E-state index in [0.717, 1.165) is 41.6 Å². The highest BCUT2D eigenvalue weighted by molar-refractivity contribution is 5.83. The molecule has 0 unspecified atom stereocenters. The SMILES string of the molecule is C=CCc1cc(CNC(=NC)NCCc2c[nH]c3ccccc23)cc(OC)c1OC. The molecule has 3 N–H and O–H groups in total. The molecule has 0 spiro atoms. The topological polar surface area (TPSA) is 70.7 Å². The molecule has 0 aliphatic heterocycles. The summed E-state index contributed by atoms with van der Waals surface area (Å²) in [5, 5.41) is 8.02. The van der Waals surface area contributed by atoms with Crippen LogP contribution in [-0.2, 0) is 19.4 Å². The molecular weight excluding hydrogens is 376 g/mol. The van der Waals surface area contributed by atoms with Gasteiger partial charge in [0.15, 0.2) is 17.5 Å². The van der Waals surface area contributed by atoms with Gasteiger partial charge in [-0.2, -0.15) is 0 Å². The second-order valence-electron chi connectivity index (χ2n) is 6.95. The van der Waals surface area contributed by atoms with Gasteiger partial charge in [0.05, 0.1) is 14.2 Å². The first kappa shape index (κ1) is 21.3. The van der Waals surface area contributed by atoms with Crippen molar-refractivity contribution in [3.05, 3.63) is 71.9 Å². The molecule has 6 heteroatoms. The van der Waals surface area contributed by atoms with Gasteiger partial charge in [-0.05, 0) is 42.2 Å². The fourth-order valence-corrected chi connectivity index (χ4v) is 3.58. The minimum absolute atomic E-state index is 0.622. The third-order valence-corrected chi connectivity index (χ3v) is 5.03. The van der Waals surface area contributed by atoms with Crippen molar-refractivity contribution in [2.24, 2.45) is 4.99 Å². The predicted octanol–water partition coefficient (Wildman–Crippen LogP) is 3.82. The summed E-state index contributed by atoms with van der Waals surface area (Å²) in [5.74, 6) is 2.23. The van der Waals surface area contributed by atoms with E-state index >= 15 is 0 Å². The van der Waals surface area contributed by atoms with Gasteiger partial charge in [-0.25, -0.2) is 0 Å². The lowest BCUT2D eigenvalue weighted by Gasteiger charge is -2.16. The number of allylic oxidation sites excluding steroid dienone is 1. The van der Waals surface area contributed by atoms with Crippen LogP contribution in [0.4, 0.5) is 0 Å². The first-order valence-corrected chi connectivity index (χ1v) is 10.0. The summed E-state index contributed by atoms with van der Waals surface area (Å²) in [6, 6.07) is 12.4. The summed E-state index contributed by atoms with van der Waals surface area (Å²) in [7, 11) is 5.08. The van der Waals surface area contributed by atoms with Crippen molar-refractivity contribution in [3.8, 4) is 11.5 Å². The van der Waals surface area contributed by atoms with Crippen LogP contribution >= 0.6 is 0 Å². The third-order valence-electron chi connectivity index (χ3n) is 5.03. The standard InChI is InChI=1S/C24H30N4O2/c1-5-8-18-13-17(14-22(29-3)23(18)30-4)15-28-24(25-2)26-12-11-19-16-27-21-10-7-6-9-20(19)21/h5-7,9-10,13-14,16,27H,1,8,11-12,15H2,2-4H3,(H2,25,26,28). The summed E-state index contributed by atoms with van der Waals surface area (Å²) in [5.41, 5.74) is 4.59. The summed E-state index contributed by atoms with van der Waals surface area (Å²) in [4.78, 5) is 7.65. The van der Waals surface area contributed by atoms with Crippen molar-refractivity contribution >= 4 is 16.9 Å². The molecule has 1 aromatic heterocycles. The number of hydrogen-bond donors (Lipinski definition) is 3. The molecule has 0 amide bonds. The molecule has 0 radical (unpaired) electrons. The number of methoxy groups -OCH3 is 2. The molecule has 0 bridgehead atoms. The van der Waals surface area contributed by atoms with Crippen LogP contribution in [0.3, 0.4) is 0 Å². The van der Waals surface area contributed by atoms with Crippen LogP contribution in [0.1, 0.15) is 16.7 Å². The normalized spacial score (nSPS) is 11.4. The zero-order valence-electron chi connectivity index (χ0n) is 17.9. The maximum Gasteiger partial charge on any atom is 0.191 e. The third kappa shape index (κ3) is 4.95. The molecule has 30 heavy (non-hydrogen) atoms. The number of hydrogen-bond acceptors (Lipinski definition) is 3. The Balaban J connectivity index is 1.60. The Morgan fingerprint density at radius 2 is 1.97 bits per heavy atom. The van der Waals surface area contributed by atoms with E-state index in [0.29, 0.717) is 13.0 Å². The zero-order chi connectivity index (χ0) is 21.3. The molecule has 0 saturated heterocycles. The predicted molar refractivity (Wildman–Crippen MR) is 124 cm³/mol. The smallest absolute Gasteiger partial charge is 0.191 e. The van der Waals surface area contributed by atoms with Gasteiger partial charge in [-0.1, -0.05) is 24.3 Å². The van der Waals surface area contributed by atoms with E-state index < -0.39 is 0 Å². The number of ether oxygens (including phenoxy) is 2. The van der Waals surface area contributed by atoms with Crippen molar-refractivity contribution in [1.82, 2.24) is 15.6 Å². The summed E-state index contributed by atoms with van der Waals surface area (Å²) in [6.07, 6.45) is 5.56. The fourth-order valence-electron chi connectivity index (χ4n) is 3.58. The molecule has 3 aromatic rings. The number of rotatable bonds is 9. The Kier molecular flexibility index (Phi) is 7.38. The molecule has 0 aliphatic rings. The van der Waals surface area contributed by atoms with Crippen molar-refractivity contribution in [1.29, 1.82) is 0 Å². The van der Waals surface area contributed by atoms with Gasteiger partial charge in [0, 0.05) is 42.8 Å². The molecule has 2 aromatic carbocycles. The van der Waals surface area contributed by atoms with Crippen LogP contribution in [-0.4, -0.2) is 38.8 Å². The monoisotopic (exact) mass is 406 g/mol. The minimum Gasteiger partial charge on any atom is -0.493 e.